The minimum Gasteiger partial charge on any atom is -0.481 e. The van der Waals surface area contributed by atoms with Crippen molar-refractivity contribution in [2.75, 3.05) is 14.2 Å². The van der Waals surface area contributed by atoms with E-state index in [0.717, 1.165) is 11.1 Å². The number of aliphatic carboxylic acids is 1. The average Bonchev–Trinajstić information content (AvgIpc) is 2.80. The summed E-state index contributed by atoms with van der Waals surface area (Å²) >= 11 is 0. The number of methoxy groups -OCH3 is 2. The fraction of sp³-hybridized carbons (Fsp3) is 0.531. The molecule has 6 heteroatoms. The Kier molecular flexibility index (Phi) is 29.1. The Morgan fingerprint density at radius 3 is 1.66 bits per heavy atom. The molecule has 0 radical (unpaired) electrons. The Balaban J connectivity index is -0.000000128. The molecule has 0 spiro atoms. The van der Waals surface area contributed by atoms with E-state index in [4.69, 9.17) is 14.6 Å². The number of ketones is 2. The Bertz CT molecular complexity index is 857. The monoisotopic (exact) mass is 539 g/mol. The molecule has 0 aliphatic carbocycles. The van der Waals surface area contributed by atoms with Gasteiger partial charge >= 0.3 is 5.97 Å². The Hall–Kier alpha value is -2.83. The van der Waals surface area contributed by atoms with Gasteiger partial charge in [0.15, 0.2) is 11.6 Å². The number of ether oxygens (including phenoxy) is 2. The zero-order chi connectivity index (χ0) is 24.7. The van der Waals surface area contributed by atoms with Gasteiger partial charge in [0.1, 0.15) is 11.7 Å². The van der Waals surface area contributed by atoms with Crippen molar-refractivity contribution in [3.8, 4) is 0 Å². The van der Waals surface area contributed by atoms with Crippen LogP contribution in [-0.2, 0) is 36.7 Å². The summed E-state index contributed by atoms with van der Waals surface area (Å²) < 4.78 is 10.6. The third kappa shape index (κ3) is 16.8. The number of hydrogen-bond acceptors (Lipinski definition) is 5. The molecule has 0 amide bonds. The van der Waals surface area contributed by atoms with Crippen molar-refractivity contribution in [1.82, 2.24) is 0 Å². The molecule has 0 aliphatic rings. The molecule has 6 nitrogen and oxygen atoms in total. The van der Waals surface area contributed by atoms with Crippen LogP contribution >= 0.6 is 0 Å². The van der Waals surface area contributed by atoms with E-state index in [-0.39, 0.29) is 62.7 Å². The highest BCUT2D eigenvalue weighted by Gasteiger charge is 2.34. The second-order valence-corrected chi connectivity index (χ2v) is 8.04. The fourth-order valence-electron chi connectivity index (χ4n) is 3.54. The topological polar surface area (TPSA) is 89.9 Å². The van der Waals surface area contributed by atoms with Crippen molar-refractivity contribution in [2.45, 2.75) is 101 Å². The number of Topliss-reactive ketones (excluding diaryl/α,β-unsaturated/α-hetero) is 2. The van der Waals surface area contributed by atoms with Crippen LogP contribution < -0.4 is 0 Å². The lowest BCUT2D eigenvalue weighted by molar-refractivity contribution is -0.140. The zero-order valence-electron chi connectivity index (χ0n) is 20.1. The first kappa shape index (κ1) is 45.1. The minimum atomic E-state index is -0.847. The van der Waals surface area contributed by atoms with Gasteiger partial charge in [-0.1, -0.05) is 97.8 Å². The maximum absolute atomic E-state index is 12.0. The SMILES string of the molecule is C.C.C.C.C.COC(CCCCC(=O)O)(Cc1ccccc1)C(C)=O.COC(Cc1ccccc1)C(C)=O.[2HH]. The molecule has 0 bridgehead atoms. The maximum atomic E-state index is 12.0. The lowest BCUT2D eigenvalue weighted by Gasteiger charge is -2.30. The Labute approximate surface area is 235 Å². The predicted molar refractivity (Wildman–Crippen MR) is 164 cm³/mol. The van der Waals surface area contributed by atoms with Gasteiger partial charge in [0.25, 0.3) is 0 Å². The summed E-state index contributed by atoms with van der Waals surface area (Å²) in [5.74, 6) is -0.746. The second-order valence-electron chi connectivity index (χ2n) is 8.04. The van der Waals surface area contributed by atoms with Crippen molar-refractivity contribution >= 4 is 17.5 Å². The van der Waals surface area contributed by atoms with Crippen LogP contribution in [0.1, 0.15) is 89.2 Å². The van der Waals surface area contributed by atoms with Gasteiger partial charge in [-0.25, -0.2) is 0 Å². The summed E-state index contributed by atoms with van der Waals surface area (Å²) in [7, 11) is 3.11. The number of benzene rings is 2. The van der Waals surface area contributed by atoms with E-state index in [1.54, 1.807) is 21.1 Å². The van der Waals surface area contributed by atoms with Crippen molar-refractivity contribution < 1.29 is 30.4 Å². The molecule has 2 rings (SSSR count). The molecule has 0 fully saturated rings. The van der Waals surface area contributed by atoms with Gasteiger partial charge in [-0.15, -0.1) is 0 Å². The molecule has 38 heavy (non-hydrogen) atoms. The van der Waals surface area contributed by atoms with E-state index in [1.165, 1.54) is 6.92 Å². The highest BCUT2D eigenvalue weighted by molar-refractivity contribution is 5.85. The second kappa shape index (κ2) is 24.5. The molecule has 2 atom stereocenters. The summed E-state index contributed by atoms with van der Waals surface area (Å²) in [6, 6.07) is 19.6. The van der Waals surface area contributed by atoms with E-state index < -0.39 is 11.6 Å². The highest BCUT2D eigenvalue weighted by atomic mass is 16.5. The summed E-state index contributed by atoms with van der Waals surface area (Å²) in [5, 5.41) is 8.65. The first-order valence-electron chi connectivity index (χ1n) is 11.1. The van der Waals surface area contributed by atoms with E-state index >= 15 is 0 Å². The molecule has 2 aromatic carbocycles. The van der Waals surface area contributed by atoms with Gasteiger partial charge in [0, 0.05) is 34.9 Å². The average molecular weight is 540 g/mol. The van der Waals surface area contributed by atoms with Crippen LogP contribution in [0.4, 0.5) is 0 Å². The number of carboxylic acid groups (broad SMARTS) is 1. The number of carbonyl (C=O) groups is 3. The first-order chi connectivity index (χ1) is 15.7. The van der Waals surface area contributed by atoms with Crippen molar-refractivity contribution in [3.63, 3.8) is 0 Å². The Morgan fingerprint density at radius 1 is 0.816 bits per heavy atom. The van der Waals surface area contributed by atoms with E-state index in [0.29, 0.717) is 32.1 Å². The molecule has 0 aliphatic heterocycles. The van der Waals surface area contributed by atoms with Gasteiger partial charge in [0.05, 0.1) is 0 Å². The lowest BCUT2D eigenvalue weighted by atomic mass is 9.85. The van der Waals surface area contributed by atoms with Crippen LogP contribution in [-0.4, -0.2) is 48.6 Å². The summed E-state index contributed by atoms with van der Waals surface area (Å²) in [6.45, 7) is 3.08. The van der Waals surface area contributed by atoms with Crippen LogP contribution in [0, 0.1) is 0 Å². The van der Waals surface area contributed by atoms with Crippen LogP contribution in [0.3, 0.4) is 0 Å². The van der Waals surface area contributed by atoms with Gasteiger partial charge in [0.2, 0.25) is 0 Å². The van der Waals surface area contributed by atoms with Crippen molar-refractivity contribution in [2.24, 2.45) is 0 Å². The summed E-state index contributed by atoms with van der Waals surface area (Å²) in [4.78, 5) is 33.6. The highest BCUT2D eigenvalue weighted by Crippen LogP contribution is 2.25. The van der Waals surface area contributed by atoms with Crippen LogP contribution in [0.25, 0.3) is 0 Å². The van der Waals surface area contributed by atoms with E-state index in [1.807, 2.05) is 60.7 Å². The number of carbonyl (C=O) groups excluding carboxylic acids is 2. The first-order valence-corrected chi connectivity index (χ1v) is 11.1. The van der Waals surface area contributed by atoms with Crippen molar-refractivity contribution in [3.05, 3.63) is 71.8 Å². The fourth-order valence-corrected chi connectivity index (χ4v) is 3.54. The number of unbranched alkanes of at least 4 members (excludes halogenated alkanes) is 1. The normalized spacial score (nSPS) is 11.5. The van der Waals surface area contributed by atoms with Gasteiger partial charge in [-0.05, 0) is 44.2 Å². The minimum absolute atomic E-state index is 0. The lowest BCUT2D eigenvalue weighted by Crippen LogP contribution is -2.41. The van der Waals surface area contributed by atoms with E-state index in [2.05, 4.69) is 0 Å². The molecular formula is C32H58O6. The number of carboxylic acids is 1. The molecule has 0 saturated heterocycles. The van der Waals surface area contributed by atoms with Crippen molar-refractivity contribution in [1.29, 1.82) is 0 Å². The molecular weight excluding hydrogens is 480 g/mol. The van der Waals surface area contributed by atoms with Crippen LogP contribution in [0.2, 0.25) is 0 Å². The van der Waals surface area contributed by atoms with Gasteiger partial charge in [-0.3, -0.25) is 14.4 Å². The quantitative estimate of drug-likeness (QED) is 0.259. The molecule has 2 unspecified atom stereocenters. The van der Waals surface area contributed by atoms with Gasteiger partial charge in [-0.2, -0.15) is 0 Å². The third-order valence-corrected chi connectivity index (χ3v) is 5.59. The summed E-state index contributed by atoms with van der Waals surface area (Å²) in [6.07, 6.45) is 2.76. The third-order valence-electron chi connectivity index (χ3n) is 5.59. The summed E-state index contributed by atoms with van der Waals surface area (Å²) in [5.41, 5.74) is 1.33. The Morgan fingerprint density at radius 2 is 1.29 bits per heavy atom. The standard InChI is InChI=1S/C16H22O4.C11H14O2.5CH4.H2/c1-13(17)16(20-2,11-7-6-10-15(18)19)12-14-8-4-3-5-9-14;1-9(12)11(13-2)8-10-6-4-3-5-7-10;;;;;;/h3-5,8-9H,6-7,10-12H2,1-2H3,(H,18,19);3-7,11H,8H2,1-2H3;5*1H4;1H/i;;;;;;;1+1. The van der Waals surface area contributed by atoms with Crippen LogP contribution in [0.15, 0.2) is 60.7 Å². The zero-order valence-corrected chi connectivity index (χ0v) is 20.1. The predicted octanol–water partition coefficient (Wildman–Crippen LogP) is 8.11. The molecule has 0 aromatic heterocycles. The van der Waals surface area contributed by atoms with Gasteiger partial charge < -0.3 is 14.6 Å². The smallest absolute Gasteiger partial charge is 0.303 e. The number of hydrogen-bond donors (Lipinski definition) is 1. The molecule has 0 heterocycles. The molecule has 2 aromatic rings. The van der Waals surface area contributed by atoms with E-state index in [9.17, 15) is 14.4 Å². The largest absolute Gasteiger partial charge is 0.481 e. The maximum Gasteiger partial charge on any atom is 0.303 e. The molecule has 222 valence electrons. The molecule has 0 saturated carbocycles. The van der Waals surface area contributed by atoms with Crippen LogP contribution in [0.5, 0.6) is 0 Å². The molecule has 1 N–H and O–H groups in total. The number of rotatable bonds is 13.